The van der Waals surface area contributed by atoms with Crippen molar-refractivity contribution < 1.29 is 0 Å². The molecule has 0 amide bonds. The molecule has 1 unspecified atom stereocenters. The molecule has 3 rings (SSSR count). The third-order valence-electron chi connectivity index (χ3n) is 3.80. The first kappa shape index (κ1) is 13.6. The van der Waals surface area contributed by atoms with Crippen molar-refractivity contribution in [2.24, 2.45) is 0 Å². The van der Waals surface area contributed by atoms with Crippen LogP contribution in [-0.2, 0) is 0 Å². The summed E-state index contributed by atoms with van der Waals surface area (Å²) in [7, 11) is 0. The van der Waals surface area contributed by atoms with Gasteiger partial charge in [0.15, 0.2) is 0 Å². The van der Waals surface area contributed by atoms with E-state index in [1.165, 1.54) is 10.9 Å². The molecule has 1 N–H and O–H groups in total. The molecule has 2 aromatic carbocycles. The number of benzene rings is 2. The Morgan fingerprint density at radius 3 is 2.52 bits per heavy atom. The molecule has 106 valence electrons. The van der Waals surface area contributed by atoms with Crippen LogP contribution in [0.2, 0.25) is 0 Å². The molecule has 0 saturated carbocycles. The van der Waals surface area contributed by atoms with E-state index in [2.05, 4.69) is 72.9 Å². The normalized spacial score (nSPS) is 12.3. The average molecular weight is 276 g/mol. The molecule has 0 bridgehead atoms. The van der Waals surface area contributed by atoms with Crippen molar-refractivity contribution in [3.05, 3.63) is 71.9 Å². The van der Waals surface area contributed by atoms with E-state index in [-0.39, 0.29) is 0 Å². The predicted molar refractivity (Wildman–Crippen MR) is 89.6 cm³/mol. The molecular formula is C19H20N2. The van der Waals surface area contributed by atoms with Gasteiger partial charge in [-0.1, -0.05) is 55.5 Å². The van der Waals surface area contributed by atoms with Crippen LogP contribution in [0, 0.1) is 6.92 Å². The molecule has 1 atom stereocenters. The van der Waals surface area contributed by atoms with Crippen LogP contribution < -0.4 is 5.32 Å². The van der Waals surface area contributed by atoms with Gasteiger partial charge in [0.25, 0.3) is 0 Å². The van der Waals surface area contributed by atoms with E-state index in [4.69, 9.17) is 4.98 Å². The van der Waals surface area contributed by atoms with Crippen LogP contribution in [0.1, 0.15) is 30.6 Å². The first-order chi connectivity index (χ1) is 10.3. The number of para-hydroxylation sites is 1. The zero-order valence-corrected chi connectivity index (χ0v) is 12.5. The summed E-state index contributed by atoms with van der Waals surface area (Å²) in [5.41, 5.74) is 4.51. The maximum atomic E-state index is 4.69. The van der Waals surface area contributed by atoms with E-state index in [1.54, 1.807) is 0 Å². The summed E-state index contributed by atoms with van der Waals surface area (Å²) in [6, 6.07) is 21.4. The molecule has 2 nitrogen and oxygen atoms in total. The van der Waals surface area contributed by atoms with Crippen LogP contribution in [-0.4, -0.2) is 4.98 Å². The van der Waals surface area contributed by atoms with Gasteiger partial charge in [-0.3, -0.25) is 4.98 Å². The zero-order chi connectivity index (χ0) is 14.7. The Morgan fingerprint density at radius 1 is 0.952 bits per heavy atom. The molecule has 0 radical (unpaired) electrons. The summed E-state index contributed by atoms with van der Waals surface area (Å²) < 4.78 is 0. The third-order valence-corrected chi connectivity index (χ3v) is 3.80. The van der Waals surface area contributed by atoms with Gasteiger partial charge in [-0.25, -0.2) is 0 Å². The fourth-order valence-corrected chi connectivity index (χ4v) is 2.66. The number of nitrogens with one attached hydrogen (secondary N) is 1. The van der Waals surface area contributed by atoms with Crippen molar-refractivity contribution in [3.63, 3.8) is 0 Å². The van der Waals surface area contributed by atoms with Gasteiger partial charge in [-0.2, -0.15) is 0 Å². The summed E-state index contributed by atoms with van der Waals surface area (Å²) in [5, 5.41) is 4.83. The Hall–Kier alpha value is -2.35. The average Bonchev–Trinajstić information content (AvgIpc) is 2.53. The molecule has 3 aromatic rings. The maximum Gasteiger partial charge on any atom is 0.0936 e. The van der Waals surface area contributed by atoms with Gasteiger partial charge in [-0.15, -0.1) is 0 Å². The lowest BCUT2D eigenvalue weighted by Crippen LogP contribution is -2.10. The minimum atomic E-state index is 0.305. The van der Waals surface area contributed by atoms with E-state index in [0.29, 0.717) is 6.04 Å². The van der Waals surface area contributed by atoms with Crippen LogP contribution >= 0.6 is 0 Å². The third kappa shape index (κ3) is 2.89. The molecule has 0 fully saturated rings. The molecule has 0 aliphatic carbocycles. The van der Waals surface area contributed by atoms with Crippen LogP contribution in [0.4, 0.5) is 5.69 Å². The highest BCUT2D eigenvalue weighted by Gasteiger charge is 2.11. The number of nitrogens with zero attached hydrogens (tertiary/aromatic N) is 1. The van der Waals surface area contributed by atoms with Gasteiger partial charge < -0.3 is 5.32 Å². The fraction of sp³-hybridized carbons (Fsp3) is 0.211. The zero-order valence-electron chi connectivity index (χ0n) is 12.5. The number of hydrogen-bond donors (Lipinski definition) is 1. The van der Waals surface area contributed by atoms with Gasteiger partial charge in [0.1, 0.15) is 0 Å². The Labute approximate surface area is 125 Å². The topological polar surface area (TPSA) is 24.9 Å². The Morgan fingerprint density at radius 2 is 1.76 bits per heavy atom. The lowest BCUT2D eigenvalue weighted by molar-refractivity contribution is 0.750. The molecule has 0 aliphatic rings. The molecule has 0 spiro atoms. The quantitative estimate of drug-likeness (QED) is 0.716. The Balaban J connectivity index is 1.99. The summed E-state index contributed by atoms with van der Waals surface area (Å²) >= 11 is 0. The number of pyridine rings is 1. The first-order valence-corrected chi connectivity index (χ1v) is 7.46. The van der Waals surface area contributed by atoms with E-state index >= 15 is 0 Å². The molecule has 1 aromatic heterocycles. The lowest BCUT2D eigenvalue weighted by atomic mass is 10.0. The Kier molecular flexibility index (Phi) is 3.87. The van der Waals surface area contributed by atoms with Crippen LogP contribution in [0.5, 0.6) is 0 Å². The summed E-state index contributed by atoms with van der Waals surface area (Å²) in [6.07, 6.45) is 1.03. The predicted octanol–water partition coefficient (Wildman–Crippen LogP) is 5.11. The number of rotatable bonds is 4. The van der Waals surface area contributed by atoms with Crippen molar-refractivity contribution in [3.8, 4) is 0 Å². The SMILES string of the molecule is CCC(Nc1cccc2ccc(C)nc12)c1ccccc1. The highest BCUT2D eigenvalue weighted by atomic mass is 14.9. The minimum absolute atomic E-state index is 0.305. The molecule has 2 heteroatoms. The smallest absolute Gasteiger partial charge is 0.0936 e. The molecule has 0 aliphatic heterocycles. The van der Waals surface area contributed by atoms with Crippen LogP contribution in [0.3, 0.4) is 0 Å². The number of fused-ring (bicyclic) bond motifs is 1. The van der Waals surface area contributed by atoms with Crippen molar-refractivity contribution in [2.75, 3.05) is 5.32 Å². The van der Waals surface area contributed by atoms with E-state index < -0.39 is 0 Å². The van der Waals surface area contributed by atoms with Crippen LogP contribution in [0.25, 0.3) is 10.9 Å². The van der Waals surface area contributed by atoms with Crippen molar-refractivity contribution in [2.45, 2.75) is 26.3 Å². The maximum absolute atomic E-state index is 4.69. The van der Waals surface area contributed by atoms with E-state index in [1.807, 2.05) is 6.92 Å². The highest BCUT2D eigenvalue weighted by molar-refractivity contribution is 5.90. The molecule has 1 heterocycles. The largest absolute Gasteiger partial charge is 0.376 e. The van der Waals surface area contributed by atoms with Gasteiger partial charge in [0, 0.05) is 11.1 Å². The molecule has 0 saturated heterocycles. The molecular weight excluding hydrogens is 256 g/mol. The monoisotopic (exact) mass is 276 g/mol. The van der Waals surface area contributed by atoms with E-state index in [9.17, 15) is 0 Å². The van der Waals surface area contributed by atoms with Gasteiger partial charge >= 0.3 is 0 Å². The van der Waals surface area contributed by atoms with Gasteiger partial charge in [0.2, 0.25) is 0 Å². The van der Waals surface area contributed by atoms with E-state index in [0.717, 1.165) is 23.3 Å². The lowest BCUT2D eigenvalue weighted by Gasteiger charge is -2.19. The molecule has 21 heavy (non-hydrogen) atoms. The second-order valence-corrected chi connectivity index (χ2v) is 5.35. The van der Waals surface area contributed by atoms with Gasteiger partial charge in [0.05, 0.1) is 17.2 Å². The standard InChI is InChI=1S/C19H20N2/c1-3-17(15-8-5-4-6-9-15)21-18-11-7-10-16-13-12-14(2)20-19(16)18/h4-13,17,21H,3H2,1-2H3. The van der Waals surface area contributed by atoms with Crippen molar-refractivity contribution in [1.82, 2.24) is 4.98 Å². The van der Waals surface area contributed by atoms with Crippen LogP contribution in [0.15, 0.2) is 60.7 Å². The number of aryl methyl sites for hydroxylation is 1. The summed E-state index contributed by atoms with van der Waals surface area (Å²) in [5.74, 6) is 0. The number of hydrogen-bond acceptors (Lipinski definition) is 2. The number of anilines is 1. The minimum Gasteiger partial charge on any atom is -0.376 e. The second kappa shape index (κ2) is 5.96. The summed E-state index contributed by atoms with van der Waals surface area (Å²) in [4.78, 5) is 4.69. The second-order valence-electron chi connectivity index (χ2n) is 5.35. The first-order valence-electron chi connectivity index (χ1n) is 7.46. The Bertz CT molecular complexity index is 735. The van der Waals surface area contributed by atoms with Gasteiger partial charge in [-0.05, 0) is 31.0 Å². The number of aromatic nitrogens is 1. The summed E-state index contributed by atoms with van der Waals surface area (Å²) in [6.45, 7) is 4.24. The van der Waals surface area contributed by atoms with Crippen molar-refractivity contribution in [1.29, 1.82) is 0 Å². The fourth-order valence-electron chi connectivity index (χ4n) is 2.66. The van der Waals surface area contributed by atoms with Crippen molar-refractivity contribution >= 4 is 16.6 Å². The highest BCUT2D eigenvalue weighted by Crippen LogP contribution is 2.27.